The van der Waals surface area contributed by atoms with E-state index in [9.17, 15) is 9.59 Å². The summed E-state index contributed by atoms with van der Waals surface area (Å²) in [4.78, 5) is 24.8. The molecule has 0 rings (SSSR count). The molecule has 0 spiro atoms. The molecule has 0 aromatic rings. The van der Waals surface area contributed by atoms with Gasteiger partial charge in [-0.1, -0.05) is 6.92 Å². The molecule has 0 bridgehead atoms. The third-order valence-electron chi connectivity index (χ3n) is 0.954. The Balaban J connectivity index is 3.48. The molecule has 11 heavy (non-hydrogen) atoms. The normalized spacial score (nSPS) is 9.36. The first-order valence-electron chi connectivity index (χ1n) is 3.34. The summed E-state index contributed by atoms with van der Waals surface area (Å²) in [6, 6.07) is 0. The predicted octanol–water partition coefficient (Wildman–Crippen LogP) is 0.126. The Labute approximate surface area is 65.3 Å². The van der Waals surface area contributed by atoms with Crippen LogP contribution in [0.1, 0.15) is 13.3 Å². The van der Waals surface area contributed by atoms with Crippen LogP contribution in [0.25, 0.3) is 0 Å². The number of carbonyl (C=O) groups excluding carboxylic acids is 2. The van der Waals surface area contributed by atoms with Crippen LogP contribution in [0.2, 0.25) is 0 Å². The Kier molecular flexibility index (Phi) is 5.10. The number of nitrogens with one attached hydrogen (secondary N) is 1. The van der Waals surface area contributed by atoms with Crippen molar-refractivity contribution in [3.8, 4) is 0 Å². The summed E-state index contributed by atoms with van der Waals surface area (Å²) in [6.07, 6.45) is 0.406. The SMILES string of the molecule is CCCN(C)OC(=O)NC=O. The number of hydrogen-bond acceptors (Lipinski definition) is 4. The monoisotopic (exact) mass is 160 g/mol. The van der Waals surface area contributed by atoms with Gasteiger partial charge >= 0.3 is 6.09 Å². The fourth-order valence-corrected chi connectivity index (χ4v) is 0.577. The van der Waals surface area contributed by atoms with E-state index in [1.807, 2.05) is 12.2 Å². The smallest absolute Gasteiger partial charge is 0.351 e. The topological polar surface area (TPSA) is 58.6 Å². The summed E-state index contributed by atoms with van der Waals surface area (Å²) in [5.41, 5.74) is 0. The lowest BCUT2D eigenvalue weighted by molar-refractivity contribution is -0.111. The van der Waals surface area contributed by atoms with E-state index in [0.717, 1.165) is 6.42 Å². The van der Waals surface area contributed by atoms with E-state index >= 15 is 0 Å². The van der Waals surface area contributed by atoms with Crippen LogP contribution >= 0.6 is 0 Å². The maximum Gasteiger partial charge on any atom is 0.432 e. The van der Waals surface area contributed by atoms with Gasteiger partial charge in [0, 0.05) is 13.6 Å². The van der Waals surface area contributed by atoms with Gasteiger partial charge in [-0.25, -0.2) is 4.79 Å². The maximum absolute atomic E-state index is 10.5. The van der Waals surface area contributed by atoms with Gasteiger partial charge in [0.05, 0.1) is 0 Å². The average Bonchev–Trinajstić information content (AvgIpc) is 1.87. The summed E-state index contributed by atoms with van der Waals surface area (Å²) < 4.78 is 0. The highest BCUT2D eigenvalue weighted by Crippen LogP contribution is 1.87. The van der Waals surface area contributed by atoms with Crippen LogP contribution in [0.4, 0.5) is 4.79 Å². The number of nitrogens with zero attached hydrogens (tertiary/aromatic N) is 1. The molecule has 0 heterocycles. The van der Waals surface area contributed by atoms with Gasteiger partial charge in [-0.15, -0.1) is 5.06 Å². The zero-order valence-electron chi connectivity index (χ0n) is 6.66. The number of hydrogen-bond donors (Lipinski definition) is 1. The molecule has 0 aromatic heterocycles. The molecule has 0 saturated heterocycles. The second-order valence-electron chi connectivity index (χ2n) is 1.99. The Morgan fingerprint density at radius 2 is 2.36 bits per heavy atom. The lowest BCUT2D eigenvalue weighted by Crippen LogP contribution is -2.31. The van der Waals surface area contributed by atoms with E-state index in [1.54, 1.807) is 7.05 Å². The van der Waals surface area contributed by atoms with Crippen molar-refractivity contribution in [1.82, 2.24) is 10.4 Å². The summed E-state index contributed by atoms with van der Waals surface area (Å²) in [5.74, 6) is 0. The summed E-state index contributed by atoms with van der Waals surface area (Å²) >= 11 is 0. The minimum Gasteiger partial charge on any atom is -0.351 e. The van der Waals surface area contributed by atoms with Crippen LogP contribution in [-0.4, -0.2) is 31.2 Å². The van der Waals surface area contributed by atoms with Crippen LogP contribution in [0, 0.1) is 0 Å². The zero-order valence-corrected chi connectivity index (χ0v) is 6.66. The van der Waals surface area contributed by atoms with Crippen LogP contribution in [0.5, 0.6) is 0 Å². The van der Waals surface area contributed by atoms with Gasteiger partial charge in [0.1, 0.15) is 0 Å². The molecule has 0 aliphatic rings. The summed E-state index contributed by atoms with van der Waals surface area (Å²) in [7, 11) is 1.62. The van der Waals surface area contributed by atoms with Gasteiger partial charge in [0.15, 0.2) is 0 Å². The van der Waals surface area contributed by atoms with Crippen LogP contribution in [0.3, 0.4) is 0 Å². The highest BCUT2D eigenvalue weighted by molar-refractivity contribution is 5.79. The average molecular weight is 160 g/mol. The highest BCUT2D eigenvalue weighted by Gasteiger charge is 2.03. The third kappa shape index (κ3) is 5.35. The molecule has 2 amide bonds. The number of hydroxylamine groups is 2. The Bertz CT molecular complexity index is 138. The largest absolute Gasteiger partial charge is 0.432 e. The predicted molar refractivity (Wildman–Crippen MR) is 38.6 cm³/mol. The Morgan fingerprint density at radius 1 is 1.73 bits per heavy atom. The molecule has 1 N–H and O–H groups in total. The molecular weight excluding hydrogens is 148 g/mol. The van der Waals surface area contributed by atoms with Crippen molar-refractivity contribution in [3.05, 3.63) is 0 Å². The number of rotatable bonds is 4. The van der Waals surface area contributed by atoms with Gasteiger partial charge in [-0.05, 0) is 6.42 Å². The summed E-state index contributed by atoms with van der Waals surface area (Å²) in [6.45, 7) is 2.60. The Hall–Kier alpha value is -1.10. The first-order chi connectivity index (χ1) is 5.20. The quantitative estimate of drug-likeness (QED) is 0.469. The molecule has 0 aromatic carbocycles. The maximum atomic E-state index is 10.5. The van der Waals surface area contributed by atoms with Crippen molar-refractivity contribution in [2.75, 3.05) is 13.6 Å². The van der Waals surface area contributed by atoms with Crippen LogP contribution < -0.4 is 5.32 Å². The second kappa shape index (κ2) is 5.67. The van der Waals surface area contributed by atoms with Gasteiger partial charge in [-0.3, -0.25) is 10.1 Å². The molecule has 0 aliphatic carbocycles. The molecule has 0 aliphatic heterocycles. The molecule has 0 atom stereocenters. The third-order valence-corrected chi connectivity index (χ3v) is 0.954. The minimum atomic E-state index is -0.754. The van der Waals surface area contributed by atoms with Crippen molar-refractivity contribution in [1.29, 1.82) is 0 Å². The van der Waals surface area contributed by atoms with Crippen molar-refractivity contribution >= 4 is 12.5 Å². The van der Waals surface area contributed by atoms with Gasteiger partial charge in [0.25, 0.3) is 0 Å². The van der Waals surface area contributed by atoms with Crippen molar-refractivity contribution in [3.63, 3.8) is 0 Å². The lowest BCUT2D eigenvalue weighted by Gasteiger charge is -2.13. The van der Waals surface area contributed by atoms with Crippen LogP contribution in [0.15, 0.2) is 0 Å². The lowest BCUT2D eigenvalue weighted by atomic mass is 10.5. The van der Waals surface area contributed by atoms with Gasteiger partial charge < -0.3 is 4.84 Å². The van der Waals surface area contributed by atoms with Crippen molar-refractivity contribution < 1.29 is 14.4 Å². The Morgan fingerprint density at radius 3 is 2.82 bits per heavy atom. The summed E-state index contributed by atoms with van der Waals surface area (Å²) in [5, 5.41) is 3.21. The zero-order chi connectivity index (χ0) is 8.69. The molecule has 0 saturated carbocycles. The minimum absolute atomic E-state index is 0.280. The number of carbonyl (C=O) groups is 2. The van der Waals surface area contributed by atoms with E-state index in [2.05, 4.69) is 4.84 Å². The molecule has 0 unspecified atom stereocenters. The number of amides is 2. The molecule has 0 fully saturated rings. The van der Waals surface area contributed by atoms with E-state index < -0.39 is 6.09 Å². The first-order valence-corrected chi connectivity index (χ1v) is 3.34. The fourth-order valence-electron chi connectivity index (χ4n) is 0.577. The van der Waals surface area contributed by atoms with Gasteiger partial charge in [0.2, 0.25) is 6.41 Å². The standard InChI is InChI=1S/C6H12N2O3/c1-3-4-8(2)11-6(10)7-5-9/h5H,3-4H2,1-2H3,(H,7,9,10). The molecule has 0 radical (unpaired) electrons. The molecular formula is C6H12N2O3. The molecule has 64 valence electrons. The van der Waals surface area contributed by atoms with E-state index in [0.29, 0.717) is 6.54 Å². The van der Waals surface area contributed by atoms with E-state index in [-0.39, 0.29) is 6.41 Å². The molecule has 5 heteroatoms. The second-order valence-corrected chi connectivity index (χ2v) is 1.99. The van der Waals surface area contributed by atoms with E-state index in [4.69, 9.17) is 0 Å². The van der Waals surface area contributed by atoms with E-state index in [1.165, 1.54) is 5.06 Å². The van der Waals surface area contributed by atoms with Crippen molar-refractivity contribution in [2.24, 2.45) is 0 Å². The first kappa shape index (κ1) is 9.90. The fraction of sp³-hybridized carbons (Fsp3) is 0.667. The number of imide groups is 1. The van der Waals surface area contributed by atoms with Gasteiger partial charge in [-0.2, -0.15) is 0 Å². The van der Waals surface area contributed by atoms with Crippen molar-refractivity contribution in [2.45, 2.75) is 13.3 Å². The molecule has 5 nitrogen and oxygen atoms in total. The van der Waals surface area contributed by atoms with Crippen LogP contribution in [-0.2, 0) is 9.63 Å². The highest BCUT2D eigenvalue weighted by atomic mass is 16.7.